The van der Waals surface area contributed by atoms with Crippen LogP contribution >= 0.6 is 0 Å². The van der Waals surface area contributed by atoms with Gasteiger partial charge in [0, 0.05) is 17.9 Å². The van der Waals surface area contributed by atoms with Crippen LogP contribution in [0.2, 0.25) is 0 Å². The van der Waals surface area contributed by atoms with E-state index in [1.807, 2.05) is 0 Å². The maximum Gasteiger partial charge on any atom is 0.119 e. The molecule has 0 amide bonds. The zero-order chi connectivity index (χ0) is 14.7. The lowest BCUT2D eigenvalue weighted by molar-refractivity contribution is -0.0770. The Hall–Kier alpha value is -1.02. The molecular weight excluding hydrogens is 258 g/mol. The Morgan fingerprint density at radius 3 is 2.33 bits per heavy atom. The summed E-state index contributed by atoms with van der Waals surface area (Å²) in [5.41, 5.74) is 8.05. The van der Waals surface area contributed by atoms with Crippen molar-refractivity contribution in [3.8, 4) is 5.75 Å². The molecule has 3 rings (SSSR count). The molecule has 1 aromatic rings. The van der Waals surface area contributed by atoms with Gasteiger partial charge in [-0.15, -0.1) is 0 Å². The normalized spacial score (nSPS) is 27.9. The van der Waals surface area contributed by atoms with Crippen molar-refractivity contribution >= 4 is 0 Å². The highest BCUT2D eigenvalue weighted by Crippen LogP contribution is 2.51. The quantitative estimate of drug-likeness (QED) is 0.887. The van der Waals surface area contributed by atoms with E-state index in [1.54, 1.807) is 0 Å². The van der Waals surface area contributed by atoms with E-state index in [1.165, 1.54) is 50.5 Å². The third kappa shape index (κ3) is 2.96. The molecule has 2 aliphatic rings. The predicted octanol–water partition coefficient (Wildman–Crippen LogP) is 4.46. The molecule has 2 N–H and O–H groups in total. The third-order valence-electron chi connectivity index (χ3n) is 5.62. The molecule has 2 saturated carbocycles. The van der Waals surface area contributed by atoms with Crippen molar-refractivity contribution in [3.63, 3.8) is 0 Å². The molecule has 0 saturated heterocycles. The predicted molar refractivity (Wildman–Crippen MR) is 87.6 cm³/mol. The molecule has 116 valence electrons. The van der Waals surface area contributed by atoms with Crippen LogP contribution in [0.25, 0.3) is 0 Å². The Labute approximate surface area is 129 Å². The van der Waals surface area contributed by atoms with Gasteiger partial charge in [-0.25, -0.2) is 0 Å². The van der Waals surface area contributed by atoms with Gasteiger partial charge in [0.05, 0.1) is 0 Å². The highest BCUT2D eigenvalue weighted by Gasteiger charge is 2.54. The standard InChI is InChI=1S/C19H29NO/c1-2-7-15-8-10-16(11-9-15)21-18-14-17(20)19(18)12-5-3-4-6-13-19/h8-11,17-18H,2-7,12-14,20H2,1H3. The largest absolute Gasteiger partial charge is 0.490 e. The van der Waals surface area contributed by atoms with Crippen molar-refractivity contribution in [2.24, 2.45) is 11.1 Å². The second-order valence-corrected chi connectivity index (χ2v) is 6.99. The van der Waals surface area contributed by atoms with Crippen LogP contribution in [0.15, 0.2) is 24.3 Å². The van der Waals surface area contributed by atoms with Gasteiger partial charge in [-0.2, -0.15) is 0 Å². The second-order valence-electron chi connectivity index (χ2n) is 6.99. The number of ether oxygens (including phenoxy) is 1. The lowest BCUT2D eigenvalue weighted by Gasteiger charge is -2.54. The lowest BCUT2D eigenvalue weighted by atomic mass is 9.58. The molecule has 2 atom stereocenters. The zero-order valence-electron chi connectivity index (χ0n) is 13.3. The van der Waals surface area contributed by atoms with E-state index in [4.69, 9.17) is 10.5 Å². The SMILES string of the molecule is CCCc1ccc(OC2CC(N)C23CCCCCC3)cc1. The van der Waals surface area contributed by atoms with Crippen LogP contribution in [0, 0.1) is 5.41 Å². The maximum absolute atomic E-state index is 6.39. The molecule has 0 heterocycles. The molecule has 0 bridgehead atoms. The Kier molecular flexibility index (Phi) is 4.54. The smallest absolute Gasteiger partial charge is 0.119 e. The average molecular weight is 287 g/mol. The number of rotatable bonds is 4. The van der Waals surface area contributed by atoms with Gasteiger partial charge in [0.15, 0.2) is 0 Å². The number of hydrogen-bond donors (Lipinski definition) is 1. The van der Waals surface area contributed by atoms with Crippen molar-refractivity contribution in [3.05, 3.63) is 29.8 Å². The fourth-order valence-electron chi connectivity index (χ4n) is 4.21. The minimum absolute atomic E-state index is 0.262. The molecule has 0 aliphatic heterocycles. The Bertz CT molecular complexity index is 445. The fraction of sp³-hybridized carbons (Fsp3) is 0.684. The van der Waals surface area contributed by atoms with Crippen molar-refractivity contribution in [1.29, 1.82) is 0 Å². The van der Waals surface area contributed by atoms with Crippen LogP contribution in [0.4, 0.5) is 0 Å². The van der Waals surface area contributed by atoms with Gasteiger partial charge < -0.3 is 10.5 Å². The van der Waals surface area contributed by atoms with E-state index in [9.17, 15) is 0 Å². The van der Waals surface area contributed by atoms with E-state index in [-0.39, 0.29) is 5.41 Å². The molecule has 1 aromatic carbocycles. The molecule has 2 aliphatic carbocycles. The monoisotopic (exact) mass is 287 g/mol. The summed E-state index contributed by atoms with van der Waals surface area (Å²) >= 11 is 0. The first-order valence-electron chi connectivity index (χ1n) is 8.76. The van der Waals surface area contributed by atoms with Crippen molar-refractivity contribution in [1.82, 2.24) is 0 Å². The lowest BCUT2D eigenvalue weighted by Crippen LogP contribution is -2.63. The summed E-state index contributed by atoms with van der Waals surface area (Å²) < 4.78 is 6.32. The fourth-order valence-corrected chi connectivity index (χ4v) is 4.21. The Morgan fingerprint density at radius 1 is 1.10 bits per heavy atom. The summed E-state index contributed by atoms with van der Waals surface area (Å²) in [5, 5.41) is 0. The number of nitrogens with two attached hydrogens (primary N) is 1. The first kappa shape index (κ1) is 14.9. The molecule has 2 heteroatoms. The Morgan fingerprint density at radius 2 is 1.76 bits per heavy atom. The second kappa shape index (κ2) is 6.39. The maximum atomic E-state index is 6.39. The van der Waals surface area contributed by atoms with Crippen LogP contribution in [0.3, 0.4) is 0 Å². The minimum atomic E-state index is 0.262. The summed E-state index contributed by atoms with van der Waals surface area (Å²) in [5.74, 6) is 1.02. The van der Waals surface area contributed by atoms with Crippen LogP contribution in [0.1, 0.15) is 63.9 Å². The van der Waals surface area contributed by atoms with Crippen LogP contribution in [0.5, 0.6) is 5.75 Å². The van der Waals surface area contributed by atoms with Gasteiger partial charge in [0.1, 0.15) is 11.9 Å². The molecule has 0 radical (unpaired) electrons. The topological polar surface area (TPSA) is 35.2 Å². The minimum Gasteiger partial charge on any atom is -0.490 e. The summed E-state index contributed by atoms with van der Waals surface area (Å²) in [7, 11) is 0. The van der Waals surface area contributed by atoms with Crippen LogP contribution < -0.4 is 10.5 Å². The number of aryl methyl sites for hydroxylation is 1. The first-order valence-corrected chi connectivity index (χ1v) is 8.76. The summed E-state index contributed by atoms with van der Waals surface area (Å²) in [6, 6.07) is 9.03. The van der Waals surface area contributed by atoms with Gasteiger partial charge in [-0.1, -0.05) is 51.2 Å². The summed E-state index contributed by atoms with van der Waals surface area (Å²) in [6.45, 7) is 2.22. The summed E-state index contributed by atoms with van der Waals surface area (Å²) in [4.78, 5) is 0. The molecule has 2 nitrogen and oxygen atoms in total. The van der Waals surface area contributed by atoms with Gasteiger partial charge in [0.2, 0.25) is 0 Å². The Balaban J connectivity index is 1.66. The van der Waals surface area contributed by atoms with Gasteiger partial charge >= 0.3 is 0 Å². The highest BCUT2D eigenvalue weighted by atomic mass is 16.5. The van der Waals surface area contributed by atoms with Gasteiger partial charge in [-0.3, -0.25) is 0 Å². The van der Waals surface area contributed by atoms with Crippen molar-refractivity contribution in [2.45, 2.75) is 76.9 Å². The van der Waals surface area contributed by atoms with E-state index < -0.39 is 0 Å². The summed E-state index contributed by atoms with van der Waals surface area (Å²) in [6.07, 6.45) is 11.6. The highest BCUT2D eigenvalue weighted by molar-refractivity contribution is 5.28. The van der Waals surface area contributed by atoms with Crippen LogP contribution in [-0.4, -0.2) is 12.1 Å². The number of hydrogen-bond acceptors (Lipinski definition) is 2. The average Bonchev–Trinajstić information content (AvgIpc) is 2.77. The van der Waals surface area contributed by atoms with Crippen molar-refractivity contribution in [2.75, 3.05) is 0 Å². The molecule has 0 aromatic heterocycles. The molecule has 1 spiro atoms. The van der Waals surface area contributed by atoms with E-state index in [0.29, 0.717) is 12.1 Å². The molecule has 2 fully saturated rings. The van der Waals surface area contributed by atoms with E-state index in [2.05, 4.69) is 31.2 Å². The van der Waals surface area contributed by atoms with Gasteiger partial charge in [-0.05, 0) is 37.0 Å². The number of benzene rings is 1. The van der Waals surface area contributed by atoms with E-state index >= 15 is 0 Å². The van der Waals surface area contributed by atoms with Crippen LogP contribution in [-0.2, 0) is 6.42 Å². The first-order chi connectivity index (χ1) is 10.2. The molecule has 21 heavy (non-hydrogen) atoms. The molecule has 2 unspecified atom stereocenters. The third-order valence-corrected chi connectivity index (χ3v) is 5.62. The molecular formula is C19H29NO. The van der Waals surface area contributed by atoms with E-state index in [0.717, 1.165) is 18.6 Å². The zero-order valence-corrected chi connectivity index (χ0v) is 13.3. The van der Waals surface area contributed by atoms with Crippen molar-refractivity contribution < 1.29 is 4.74 Å². The van der Waals surface area contributed by atoms with Gasteiger partial charge in [0.25, 0.3) is 0 Å².